The number of nitrogens with one attached hydrogen (secondary N) is 1. The molecule has 0 saturated carbocycles. The van der Waals surface area contributed by atoms with Gasteiger partial charge in [-0.1, -0.05) is 13.8 Å². The molecule has 0 atom stereocenters. The summed E-state index contributed by atoms with van der Waals surface area (Å²) < 4.78 is 5.77. The molecule has 0 radical (unpaired) electrons. The van der Waals surface area contributed by atoms with Crippen molar-refractivity contribution in [2.45, 2.75) is 20.5 Å². The van der Waals surface area contributed by atoms with E-state index in [1.165, 1.54) is 0 Å². The molecular formula is C15H22N2O2. The number of aliphatic hydroxyl groups is 1. The minimum absolute atomic E-state index is 0.0346. The highest BCUT2D eigenvalue weighted by Crippen LogP contribution is 2.21. The third-order valence-corrected chi connectivity index (χ3v) is 3.39. The number of ether oxygens (including phenoxy) is 1. The number of aromatic nitrogens is 1. The third kappa shape index (κ3) is 3.49. The van der Waals surface area contributed by atoms with Crippen LogP contribution in [0.1, 0.15) is 19.5 Å². The number of aliphatic hydroxyl groups excluding tert-OH is 1. The molecule has 2 aromatic rings. The quantitative estimate of drug-likeness (QED) is 0.805. The average molecular weight is 262 g/mol. The summed E-state index contributed by atoms with van der Waals surface area (Å²) in [6.45, 7) is 8.10. The molecule has 0 saturated heterocycles. The van der Waals surface area contributed by atoms with Crippen LogP contribution in [0.15, 0.2) is 24.3 Å². The summed E-state index contributed by atoms with van der Waals surface area (Å²) in [6.07, 6.45) is 0. The lowest BCUT2D eigenvalue weighted by Crippen LogP contribution is -2.27. The summed E-state index contributed by atoms with van der Waals surface area (Å²) >= 11 is 0. The fourth-order valence-electron chi connectivity index (χ4n) is 2.18. The van der Waals surface area contributed by atoms with E-state index in [-0.39, 0.29) is 6.61 Å². The molecule has 0 aliphatic rings. The summed E-state index contributed by atoms with van der Waals surface area (Å²) in [5.41, 5.74) is 1.86. The van der Waals surface area contributed by atoms with Crippen molar-refractivity contribution in [3.8, 4) is 5.75 Å². The molecule has 0 spiro atoms. The molecule has 1 aromatic carbocycles. The van der Waals surface area contributed by atoms with E-state index in [0.29, 0.717) is 6.61 Å². The zero-order chi connectivity index (χ0) is 13.7. The van der Waals surface area contributed by atoms with Gasteiger partial charge in [0.2, 0.25) is 0 Å². The van der Waals surface area contributed by atoms with Crippen LogP contribution in [0.4, 0.5) is 0 Å². The van der Waals surface area contributed by atoms with E-state index in [1.807, 2.05) is 24.3 Å². The highest BCUT2D eigenvalue weighted by atomic mass is 16.5. The normalized spacial score (nSPS) is 11.4. The van der Waals surface area contributed by atoms with E-state index in [9.17, 15) is 0 Å². The van der Waals surface area contributed by atoms with Gasteiger partial charge in [0.1, 0.15) is 12.4 Å². The Kier molecular flexibility index (Phi) is 4.82. The molecule has 0 bridgehead atoms. The summed E-state index contributed by atoms with van der Waals surface area (Å²) in [4.78, 5) is 5.48. The first-order valence-electron chi connectivity index (χ1n) is 6.84. The molecule has 1 aromatic heterocycles. The van der Waals surface area contributed by atoms with E-state index in [2.05, 4.69) is 23.7 Å². The molecule has 0 fully saturated rings. The summed E-state index contributed by atoms with van der Waals surface area (Å²) in [7, 11) is 0. The molecule has 0 aliphatic heterocycles. The molecule has 2 N–H and O–H groups in total. The van der Waals surface area contributed by atoms with Crippen LogP contribution in [0.2, 0.25) is 0 Å². The number of aromatic amines is 1. The maximum Gasteiger partial charge on any atom is 0.120 e. The first-order chi connectivity index (χ1) is 9.26. The molecule has 104 valence electrons. The number of H-pyrrole nitrogens is 1. The van der Waals surface area contributed by atoms with Crippen LogP contribution in [0.3, 0.4) is 0 Å². The van der Waals surface area contributed by atoms with Crippen molar-refractivity contribution in [1.29, 1.82) is 0 Å². The van der Waals surface area contributed by atoms with Crippen molar-refractivity contribution in [1.82, 2.24) is 9.88 Å². The monoisotopic (exact) mass is 262 g/mol. The first-order valence-corrected chi connectivity index (χ1v) is 6.84. The Balaban J connectivity index is 1.97. The lowest BCUT2D eigenvalue weighted by atomic mass is 10.2. The van der Waals surface area contributed by atoms with Crippen molar-refractivity contribution < 1.29 is 9.84 Å². The molecule has 2 rings (SSSR count). The fourth-order valence-corrected chi connectivity index (χ4v) is 2.18. The Bertz CT molecular complexity index is 518. The van der Waals surface area contributed by atoms with E-state index < -0.39 is 0 Å². The highest BCUT2D eigenvalue weighted by Gasteiger charge is 2.03. The second kappa shape index (κ2) is 6.59. The maximum absolute atomic E-state index is 9.10. The molecule has 0 aliphatic carbocycles. The lowest BCUT2D eigenvalue weighted by molar-refractivity contribution is 0.223. The van der Waals surface area contributed by atoms with Crippen LogP contribution < -0.4 is 4.74 Å². The fraction of sp³-hybridized carbons (Fsp3) is 0.467. The molecule has 0 amide bonds. The zero-order valence-electron chi connectivity index (χ0n) is 11.6. The van der Waals surface area contributed by atoms with Crippen LogP contribution >= 0.6 is 0 Å². The minimum atomic E-state index is 0.0346. The van der Waals surface area contributed by atoms with Crippen molar-refractivity contribution in [2.75, 3.05) is 26.2 Å². The topological polar surface area (TPSA) is 48.5 Å². The molecule has 4 nitrogen and oxygen atoms in total. The smallest absolute Gasteiger partial charge is 0.120 e. The number of rotatable bonds is 7. The Morgan fingerprint density at radius 2 is 2.00 bits per heavy atom. The van der Waals surface area contributed by atoms with Gasteiger partial charge in [0.25, 0.3) is 0 Å². The average Bonchev–Trinajstić information content (AvgIpc) is 2.86. The van der Waals surface area contributed by atoms with Crippen molar-refractivity contribution in [3.05, 3.63) is 30.0 Å². The molecular weight excluding hydrogens is 240 g/mol. The van der Waals surface area contributed by atoms with Crippen LogP contribution in [0.5, 0.6) is 5.75 Å². The Labute approximate surface area is 114 Å². The van der Waals surface area contributed by atoms with Crippen molar-refractivity contribution in [2.24, 2.45) is 0 Å². The summed E-state index contributed by atoms with van der Waals surface area (Å²) in [6, 6.07) is 7.91. The largest absolute Gasteiger partial charge is 0.492 e. The van der Waals surface area contributed by atoms with Crippen molar-refractivity contribution in [3.63, 3.8) is 0 Å². The van der Waals surface area contributed by atoms with Gasteiger partial charge >= 0.3 is 0 Å². The number of likely N-dealkylation sites (N-methyl/N-ethyl adjacent to an activating group) is 1. The SMILES string of the molecule is CCN(CC)CCOc1ccc2[nH]c(CO)cc2c1. The highest BCUT2D eigenvalue weighted by molar-refractivity contribution is 5.81. The number of fused-ring (bicyclic) bond motifs is 1. The predicted molar refractivity (Wildman–Crippen MR) is 77.5 cm³/mol. The second-order valence-electron chi connectivity index (χ2n) is 4.58. The van der Waals surface area contributed by atoms with Crippen LogP contribution in [0.25, 0.3) is 10.9 Å². The van der Waals surface area contributed by atoms with Crippen LogP contribution in [0, 0.1) is 0 Å². The van der Waals surface area contributed by atoms with Gasteiger partial charge < -0.3 is 19.7 Å². The van der Waals surface area contributed by atoms with E-state index >= 15 is 0 Å². The van der Waals surface area contributed by atoms with Crippen LogP contribution in [-0.4, -0.2) is 41.2 Å². The predicted octanol–water partition coefficient (Wildman–Crippen LogP) is 2.38. The lowest BCUT2D eigenvalue weighted by Gasteiger charge is -2.17. The summed E-state index contributed by atoms with van der Waals surface area (Å²) in [5, 5.41) is 10.2. The van der Waals surface area contributed by atoms with E-state index in [4.69, 9.17) is 9.84 Å². The molecule has 19 heavy (non-hydrogen) atoms. The van der Waals surface area contributed by atoms with Gasteiger partial charge in [-0.15, -0.1) is 0 Å². The van der Waals surface area contributed by atoms with E-state index in [1.54, 1.807) is 0 Å². The van der Waals surface area contributed by atoms with Gasteiger partial charge in [0.05, 0.1) is 6.61 Å². The second-order valence-corrected chi connectivity index (χ2v) is 4.58. The molecule has 0 unspecified atom stereocenters. The van der Waals surface area contributed by atoms with E-state index in [0.717, 1.165) is 42.0 Å². The first kappa shape index (κ1) is 13.9. The van der Waals surface area contributed by atoms with Gasteiger partial charge in [0.15, 0.2) is 0 Å². The third-order valence-electron chi connectivity index (χ3n) is 3.39. The number of hydrogen-bond acceptors (Lipinski definition) is 3. The number of benzene rings is 1. The number of nitrogens with zero attached hydrogens (tertiary/aromatic N) is 1. The van der Waals surface area contributed by atoms with Crippen LogP contribution in [-0.2, 0) is 6.61 Å². The van der Waals surface area contributed by atoms with Gasteiger partial charge in [-0.3, -0.25) is 0 Å². The maximum atomic E-state index is 9.10. The minimum Gasteiger partial charge on any atom is -0.492 e. The molecule has 1 heterocycles. The molecule has 4 heteroatoms. The summed E-state index contributed by atoms with van der Waals surface area (Å²) in [5.74, 6) is 0.878. The Hall–Kier alpha value is -1.52. The number of hydrogen-bond donors (Lipinski definition) is 2. The van der Waals surface area contributed by atoms with Gasteiger partial charge in [-0.05, 0) is 37.4 Å². The van der Waals surface area contributed by atoms with Gasteiger partial charge in [-0.2, -0.15) is 0 Å². The standard InChI is InChI=1S/C15H22N2O2/c1-3-17(4-2)7-8-19-14-5-6-15-12(10-14)9-13(11-18)16-15/h5-6,9-10,16,18H,3-4,7-8,11H2,1-2H3. The van der Waals surface area contributed by atoms with Gasteiger partial charge in [-0.25, -0.2) is 0 Å². The Morgan fingerprint density at radius 1 is 1.21 bits per heavy atom. The zero-order valence-corrected chi connectivity index (χ0v) is 11.6. The Morgan fingerprint density at radius 3 is 2.68 bits per heavy atom. The van der Waals surface area contributed by atoms with Crippen molar-refractivity contribution >= 4 is 10.9 Å². The van der Waals surface area contributed by atoms with Gasteiger partial charge in [0, 0.05) is 23.1 Å².